The molecule has 0 aliphatic carbocycles. The van der Waals surface area contributed by atoms with Crippen LogP contribution >= 0.6 is 0 Å². The van der Waals surface area contributed by atoms with Gasteiger partial charge < -0.3 is 14.8 Å². The van der Waals surface area contributed by atoms with E-state index in [1.165, 1.54) is 0 Å². The summed E-state index contributed by atoms with van der Waals surface area (Å²) in [6.07, 6.45) is 0.543. The monoisotopic (exact) mass is 370 g/mol. The lowest BCUT2D eigenvalue weighted by Gasteiger charge is -2.37. The van der Waals surface area contributed by atoms with E-state index in [1.54, 1.807) is 11.0 Å². The predicted molar refractivity (Wildman–Crippen MR) is 103 cm³/mol. The number of benzene rings is 1. The third-order valence-electron chi connectivity index (χ3n) is 4.81. The van der Waals surface area contributed by atoms with Crippen LogP contribution in [-0.4, -0.2) is 57.8 Å². The molecule has 1 fully saturated rings. The van der Waals surface area contributed by atoms with Crippen molar-refractivity contribution in [2.45, 2.75) is 33.6 Å². The Bertz CT molecular complexity index is 905. The van der Waals surface area contributed by atoms with Crippen molar-refractivity contribution < 1.29 is 9.59 Å². The Morgan fingerprint density at radius 2 is 1.70 bits per heavy atom. The summed E-state index contributed by atoms with van der Waals surface area (Å²) in [5.41, 5.74) is 1.13. The van der Waals surface area contributed by atoms with Crippen LogP contribution < -0.4 is 5.56 Å². The first kappa shape index (κ1) is 19.1. The van der Waals surface area contributed by atoms with Gasteiger partial charge in [0, 0.05) is 44.4 Å². The molecule has 0 radical (unpaired) electrons. The van der Waals surface area contributed by atoms with Crippen molar-refractivity contribution in [1.82, 2.24) is 19.8 Å². The number of H-pyrrole nitrogens is 1. The van der Waals surface area contributed by atoms with E-state index < -0.39 is 5.41 Å². The first-order valence-corrected chi connectivity index (χ1v) is 9.31. The number of piperazine rings is 1. The Morgan fingerprint density at radius 3 is 2.37 bits per heavy atom. The van der Waals surface area contributed by atoms with Crippen molar-refractivity contribution in [1.29, 1.82) is 0 Å². The number of carbonyl (C=O) groups is 2. The average Bonchev–Trinajstić information content (AvgIpc) is 2.65. The Kier molecular flexibility index (Phi) is 5.30. The molecule has 1 aromatic carbocycles. The number of aromatic amines is 1. The number of hydrogen-bond acceptors (Lipinski definition) is 4. The maximum atomic E-state index is 12.5. The number of para-hydroxylation sites is 2. The predicted octanol–water partition coefficient (Wildman–Crippen LogP) is 1.57. The lowest BCUT2D eigenvalue weighted by Crippen LogP contribution is -2.53. The number of hydrogen-bond donors (Lipinski definition) is 1. The normalized spacial score (nSPS) is 15.2. The molecule has 2 aromatic rings. The van der Waals surface area contributed by atoms with Crippen LogP contribution in [0, 0.1) is 5.41 Å². The van der Waals surface area contributed by atoms with Gasteiger partial charge in [-0.2, -0.15) is 0 Å². The number of nitrogens with zero attached hydrogens (tertiary/aromatic N) is 3. The SMILES string of the molecule is CC(C)(C)C(=O)N1CCN(C(=O)CCc2nc3ccccc3[nH]c2=O)CC1. The molecule has 1 saturated heterocycles. The third-order valence-corrected chi connectivity index (χ3v) is 4.81. The molecular formula is C20H26N4O3. The van der Waals surface area contributed by atoms with Gasteiger partial charge in [0.05, 0.1) is 11.0 Å². The zero-order valence-electron chi connectivity index (χ0n) is 16.1. The summed E-state index contributed by atoms with van der Waals surface area (Å²) in [7, 11) is 0. The van der Waals surface area contributed by atoms with Gasteiger partial charge >= 0.3 is 0 Å². The molecule has 3 rings (SSSR count). The molecule has 7 heteroatoms. The molecule has 1 aromatic heterocycles. The molecule has 0 bridgehead atoms. The largest absolute Gasteiger partial charge is 0.339 e. The van der Waals surface area contributed by atoms with E-state index in [0.717, 1.165) is 0 Å². The second-order valence-corrected chi connectivity index (χ2v) is 7.95. The van der Waals surface area contributed by atoms with Crippen LogP contribution in [0.4, 0.5) is 0 Å². The van der Waals surface area contributed by atoms with Crippen LogP contribution in [-0.2, 0) is 16.0 Å². The molecule has 2 heterocycles. The smallest absolute Gasteiger partial charge is 0.270 e. The Morgan fingerprint density at radius 1 is 1.07 bits per heavy atom. The van der Waals surface area contributed by atoms with E-state index in [9.17, 15) is 14.4 Å². The molecule has 0 saturated carbocycles. The lowest BCUT2D eigenvalue weighted by atomic mass is 9.94. The van der Waals surface area contributed by atoms with Crippen molar-refractivity contribution in [3.63, 3.8) is 0 Å². The third kappa shape index (κ3) is 4.35. The summed E-state index contributed by atoms with van der Waals surface area (Å²) in [6, 6.07) is 7.34. The van der Waals surface area contributed by atoms with Gasteiger partial charge in [0.1, 0.15) is 5.69 Å². The van der Waals surface area contributed by atoms with E-state index in [1.807, 2.05) is 43.9 Å². The zero-order valence-corrected chi connectivity index (χ0v) is 16.1. The number of nitrogens with one attached hydrogen (secondary N) is 1. The average molecular weight is 370 g/mol. The zero-order chi connectivity index (χ0) is 19.6. The molecule has 1 aliphatic rings. The number of aryl methyl sites for hydroxylation is 1. The van der Waals surface area contributed by atoms with Gasteiger partial charge in [0.2, 0.25) is 11.8 Å². The first-order valence-electron chi connectivity index (χ1n) is 9.31. The summed E-state index contributed by atoms with van der Waals surface area (Å²) in [5, 5.41) is 0. The summed E-state index contributed by atoms with van der Waals surface area (Å²) in [5.74, 6) is 0.105. The van der Waals surface area contributed by atoms with Gasteiger partial charge in [0.25, 0.3) is 5.56 Å². The lowest BCUT2D eigenvalue weighted by molar-refractivity contribution is -0.144. The fourth-order valence-corrected chi connectivity index (χ4v) is 3.25. The minimum atomic E-state index is -0.408. The van der Waals surface area contributed by atoms with E-state index >= 15 is 0 Å². The van der Waals surface area contributed by atoms with Crippen molar-refractivity contribution in [2.24, 2.45) is 5.41 Å². The number of fused-ring (bicyclic) bond motifs is 1. The molecule has 144 valence electrons. The van der Waals surface area contributed by atoms with Gasteiger partial charge in [0.15, 0.2) is 0 Å². The Balaban J connectivity index is 1.57. The van der Waals surface area contributed by atoms with Gasteiger partial charge in [-0.05, 0) is 12.1 Å². The van der Waals surface area contributed by atoms with Crippen molar-refractivity contribution in [2.75, 3.05) is 26.2 Å². The molecule has 0 unspecified atom stereocenters. The second kappa shape index (κ2) is 7.50. The van der Waals surface area contributed by atoms with E-state index in [2.05, 4.69) is 9.97 Å². The fraction of sp³-hybridized carbons (Fsp3) is 0.500. The van der Waals surface area contributed by atoms with Crippen LogP contribution in [0.5, 0.6) is 0 Å². The highest BCUT2D eigenvalue weighted by molar-refractivity contribution is 5.82. The van der Waals surface area contributed by atoms with Crippen molar-refractivity contribution in [3.8, 4) is 0 Å². The summed E-state index contributed by atoms with van der Waals surface area (Å²) in [6.45, 7) is 7.88. The summed E-state index contributed by atoms with van der Waals surface area (Å²) in [4.78, 5) is 47.8. The van der Waals surface area contributed by atoms with E-state index in [4.69, 9.17) is 0 Å². The molecule has 1 aliphatic heterocycles. The topological polar surface area (TPSA) is 86.4 Å². The minimum Gasteiger partial charge on any atom is -0.339 e. The van der Waals surface area contributed by atoms with Gasteiger partial charge in [-0.15, -0.1) is 0 Å². The quantitative estimate of drug-likeness (QED) is 0.889. The molecule has 27 heavy (non-hydrogen) atoms. The standard InChI is InChI=1S/C20H26N4O3/c1-20(2,3)19(27)24-12-10-23(11-13-24)17(25)9-8-16-18(26)22-15-7-5-4-6-14(15)21-16/h4-7H,8-13H2,1-3H3,(H,22,26). The molecule has 2 amide bonds. The molecule has 0 atom stereocenters. The van der Waals surface area contributed by atoms with Crippen LogP contribution in [0.15, 0.2) is 29.1 Å². The number of amides is 2. The number of rotatable bonds is 3. The van der Waals surface area contributed by atoms with Gasteiger partial charge in [-0.3, -0.25) is 14.4 Å². The molecule has 1 N–H and O–H groups in total. The number of aromatic nitrogens is 2. The maximum absolute atomic E-state index is 12.5. The minimum absolute atomic E-state index is 0.00721. The van der Waals surface area contributed by atoms with Gasteiger partial charge in [-0.25, -0.2) is 4.98 Å². The van der Waals surface area contributed by atoms with Crippen molar-refractivity contribution in [3.05, 3.63) is 40.3 Å². The van der Waals surface area contributed by atoms with Crippen LogP contribution in [0.25, 0.3) is 11.0 Å². The van der Waals surface area contributed by atoms with Crippen LogP contribution in [0.2, 0.25) is 0 Å². The first-order chi connectivity index (χ1) is 12.8. The number of carbonyl (C=O) groups excluding carboxylic acids is 2. The van der Waals surface area contributed by atoms with Crippen molar-refractivity contribution >= 4 is 22.8 Å². The molecule has 7 nitrogen and oxygen atoms in total. The second-order valence-electron chi connectivity index (χ2n) is 7.95. The fourth-order valence-electron chi connectivity index (χ4n) is 3.25. The van der Waals surface area contributed by atoms with E-state index in [0.29, 0.717) is 49.3 Å². The van der Waals surface area contributed by atoms with E-state index in [-0.39, 0.29) is 23.8 Å². The summed E-state index contributed by atoms with van der Waals surface area (Å²) >= 11 is 0. The van der Waals surface area contributed by atoms with Gasteiger partial charge in [-0.1, -0.05) is 32.9 Å². The Labute approximate surface area is 158 Å². The Hall–Kier alpha value is -2.70. The highest BCUT2D eigenvalue weighted by Crippen LogP contribution is 2.19. The van der Waals surface area contributed by atoms with Crippen LogP contribution in [0.3, 0.4) is 0 Å². The molecular weight excluding hydrogens is 344 g/mol. The van der Waals surface area contributed by atoms with Crippen LogP contribution in [0.1, 0.15) is 32.9 Å². The summed E-state index contributed by atoms with van der Waals surface area (Å²) < 4.78 is 0. The highest BCUT2D eigenvalue weighted by Gasteiger charge is 2.30. The highest BCUT2D eigenvalue weighted by atomic mass is 16.2. The molecule has 0 spiro atoms. The maximum Gasteiger partial charge on any atom is 0.270 e.